The largest absolute Gasteiger partial charge is 0.386 e. The second-order valence-electron chi connectivity index (χ2n) is 4.13. The number of hydrogen-bond acceptors (Lipinski definition) is 3. The number of halogens is 1. The molecule has 0 bridgehead atoms. The Balaban J connectivity index is 2.29. The molecule has 0 aromatic heterocycles. The van der Waals surface area contributed by atoms with Gasteiger partial charge in [0.05, 0.1) is 16.9 Å². The molecular formula is C11H11ClN2O. The lowest BCUT2D eigenvalue weighted by Gasteiger charge is -2.46. The Bertz CT molecular complexity index is 429. The van der Waals surface area contributed by atoms with Gasteiger partial charge in [0.1, 0.15) is 6.07 Å². The smallest absolute Gasteiger partial charge is 0.101 e. The van der Waals surface area contributed by atoms with Crippen LogP contribution in [-0.4, -0.2) is 23.8 Å². The zero-order valence-electron chi connectivity index (χ0n) is 8.37. The molecule has 0 amide bonds. The highest BCUT2D eigenvalue weighted by Gasteiger charge is 2.37. The highest BCUT2D eigenvalue weighted by Crippen LogP contribution is 2.31. The van der Waals surface area contributed by atoms with Crippen molar-refractivity contribution >= 4 is 17.3 Å². The lowest BCUT2D eigenvalue weighted by atomic mass is 9.95. The number of anilines is 1. The van der Waals surface area contributed by atoms with Crippen molar-refractivity contribution in [2.75, 3.05) is 18.0 Å². The first-order chi connectivity index (χ1) is 7.02. The summed E-state index contributed by atoms with van der Waals surface area (Å²) in [4.78, 5) is 1.95. The Kier molecular flexibility index (Phi) is 2.34. The third-order valence-corrected chi connectivity index (χ3v) is 2.72. The number of nitriles is 1. The summed E-state index contributed by atoms with van der Waals surface area (Å²) in [5, 5.41) is 19.2. The maximum atomic E-state index is 9.62. The highest BCUT2D eigenvalue weighted by atomic mass is 35.5. The van der Waals surface area contributed by atoms with Gasteiger partial charge in [-0.2, -0.15) is 5.26 Å². The van der Waals surface area contributed by atoms with Gasteiger partial charge in [-0.05, 0) is 25.1 Å². The van der Waals surface area contributed by atoms with Crippen LogP contribution in [0, 0.1) is 11.3 Å². The Labute approximate surface area is 93.5 Å². The fourth-order valence-corrected chi connectivity index (χ4v) is 1.97. The number of nitrogens with zero attached hydrogens (tertiary/aromatic N) is 2. The van der Waals surface area contributed by atoms with Gasteiger partial charge in [-0.3, -0.25) is 0 Å². The van der Waals surface area contributed by atoms with Crippen molar-refractivity contribution in [3.05, 3.63) is 28.8 Å². The third kappa shape index (κ3) is 1.92. The van der Waals surface area contributed by atoms with Crippen molar-refractivity contribution in [3.8, 4) is 6.07 Å². The third-order valence-electron chi connectivity index (χ3n) is 2.48. The number of β-amino-alcohol motifs (C(OH)–C–C–N with tert-alkyl or cyclic N) is 1. The first kappa shape index (κ1) is 10.3. The van der Waals surface area contributed by atoms with E-state index in [2.05, 4.69) is 6.07 Å². The molecule has 1 aromatic rings. The van der Waals surface area contributed by atoms with Crippen molar-refractivity contribution in [3.63, 3.8) is 0 Å². The quantitative estimate of drug-likeness (QED) is 0.788. The Morgan fingerprint density at radius 3 is 2.73 bits per heavy atom. The maximum absolute atomic E-state index is 9.62. The van der Waals surface area contributed by atoms with Gasteiger partial charge in [0.25, 0.3) is 0 Å². The summed E-state index contributed by atoms with van der Waals surface area (Å²) in [7, 11) is 0. The minimum absolute atomic E-state index is 0.544. The van der Waals surface area contributed by atoms with Gasteiger partial charge in [-0.1, -0.05) is 11.6 Å². The van der Waals surface area contributed by atoms with E-state index in [1.54, 1.807) is 25.1 Å². The molecule has 0 radical (unpaired) electrons. The summed E-state index contributed by atoms with van der Waals surface area (Å²) < 4.78 is 0. The van der Waals surface area contributed by atoms with Crippen LogP contribution in [0.5, 0.6) is 0 Å². The first-order valence-corrected chi connectivity index (χ1v) is 5.07. The molecule has 1 saturated heterocycles. The van der Waals surface area contributed by atoms with Crippen LogP contribution in [0.1, 0.15) is 12.5 Å². The molecule has 1 fully saturated rings. The Hall–Kier alpha value is -1.24. The molecule has 1 aliphatic rings. The van der Waals surface area contributed by atoms with Gasteiger partial charge in [-0.15, -0.1) is 0 Å². The van der Waals surface area contributed by atoms with Gasteiger partial charge in [0.15, 0.2) is 0 Å². The van der Waals surface area contributed by atoms with Crippen LogP contribution in [0.15, 0.2) is 18.2 Å². The molecule has 3 nitrogen and oxygen atoms in total. The molecule has 1 N–H and O–H groups in total. The zero-order chi connectivity index (χ0) is 11.1. The predicted octanol–water partition coefficient (Wildman–Crippen LogP) is 1.78. The number of aliphatic hydroxyl groups is 1. The van der Waals surface area contributed by atoms with Crippen molar-refractivity contribution in [1.29, 1.82) is 5.26 Å². The van der Waals surface area contributed by atoms with Crippen molar-refractivity contribution in [2.24, 2.45) is 0 Å². The molecule has 0 spiro atoms. The fourth-order valence-electron chi connectivity index (χ4n) is 1.81. The molecule has 0 atom stereocenters. The summed E-state index contributed by atoms with van der Waals surface area (Å²) in [6.45, 7) is 2.87. The summed E-state index contributed by atoms with van der Waals surface area (Å²) in [6, 6.07) is 7.27. The maximum Gasteiger partial charge on any atom is 0.101 e. The summed E-state index contributed by atoms with van der Waals surface area (Å²) in [5.74, 6) is 0. The number of benzene rings is 1. The van der Waals surface area contributed by atoms with Crippen molar-refractivity contribution < 1.29 is 5.11 Å². The topological polar surface area (TPSA) is 47.3 Å². The SMILES string of the molecule is CC1(O)CN(c2cc(Cl)ccc2C#N)C1. The number of rotatable bonds is 1. The monoisotopic (exact) mass is 222 g/mol. The van der Waals surface area contributed by atoms with E-state index in [0.717, 1.165) is 5.69 Å². The van der Waals surface area contributed by atoms with Crippen molar-refractivity contribution in [2.45, 2.75) is 12.5 Å². The molecule has 1 aromatic carbocycles. The van der Waals surface area contributed by atoms with Crippen LogP contribution in [0.4, 0.5) is 5.69 Å². The second-order valence-corrected chi connectivity index (χ2v) is 4.56. The summed E-state index contributed by atoms with van der Waals surface area (Å²) >= 11 is 5.87. The lowest BCUT2D eigenvalue weighted by Crippen LogP contribution is -2.60. The van der Waals surface area contributed by atoms with Gasteiger partial charge in [0, 0.05) is 18.1 Å². The molecule has 1 heterocycles. The highest BCUT2D eigenvalue weighted by molar-refractivity contribution is 6.30. The normalized spacial score (nSPS) is 18.1. The average Bonchev–Trinajstić information content (AvgIpc) is 2.14. The minimum Gasteiger partial charge on any atom is -0.386 e. The van der Waals surface area contributed by atoms with E-state index >= 15 is 0 Å². The van der Waals surface area contributed by atoms with E-state index in [1.807, 2.05) is 4.90 Å². The van der Waals surface area contributed by atoms with E-state index in [9.17, 15) is 5.11 Å². The van der Waals surface area contributed by atoms with Crippen LogP contribution in [-0.2, 0) is 0 Å². The molecule has 0 unspecified atom stereocenters. The molecular weight excluding hydrogens is 212 g/mol. The molecule has 78 valence electrons. The predicted molar refractivity (Wildman–Crippen MR) is 59.0 cm³/mol. The van der Waals surface area contributed by atoms with E-state index in [0.29, 0.717) is 23.7 Å². The summed E-state index contributed by atoms with van der Waals surface area (Å²) in [5.41, 5.74) is 0.751. The standard InChI is InChI=1S/C11H11ClN2O/c1-11(15)6-14(7-11)10-4-9(12)3-2-8(10)5-13/h2-4,15H,6-7H2,1H3. The van der Waals surface area contributed by atoms with Crippen LogP contribution >= 0.6 is 11.6 Å². The van der Waals surface area contributed by atoms with E-state index in [4.69, 9.17) is 16.9 Å². The molecule has 4 heteroatoms. The van der Waals surface area contributed by atoms with Crippen LogP contribution in [0.3, 0.4) is 0 Å². The van der Waals surface area contributed by atoms with Gasteiger partial charge >= 0.3 is 0 Å². The molecule has 0 aliphatic carbocycles. The Morgan fingerprint density at radius 1 is 1.53 bits per heavy atom. The van der Waals surface area contributed by atoms with E-state index < -0.39 is 5.60 Å². The van der Waals surface area contributed by atoms with Crippen LogP contribution in [0.25, 0.3) is 0 Å². The molecule has 1 aliphatic heterocycles. The molecule has 0 saturated carbocycles. The van der Waals surface area contributed by atoms with Gasteiger partial charge in [-0.25, -0.2) is 0 Å². The second kappa shape index (κ2) is 3.41. The Morgan fingerprint density at radius 2 is 2.20 bits per heavy atom. The molecule has 2 rings (SSSR count). The minimum atomic E-state index is -0.644. The summed E-state index contributed by atoms with van der Waals surface area (Å²) in [6.07, 6.45) is 0. The van der Waals surface area contributed by atoms with Crippen LogP contribution < -0.4 is 4.90 Å². The van der Waals surface area contributed by atoms with E-state index in [1.165, 1.54) is 0 Å². The zero-order valence-corrected chi connectivity index (χ0v) is 9.12. The molecule has 15 heavy (non-hydrogen) atoms. The van der Waals surface area contributed by atoms with E-state index in [-0.39, 0.29) is 0 Å². The fraction of sp³-hybridized carbons (Fsp3) is 0.364. The van der Waals surface area contributed by atoms with Gasteiger partial charge < -0.3 is 10.0 Å². The van der Waals surface area contributed by atoms with Crippen molar-refractivity contribution in [1.82, 2.24) is 0 Å². The number of hydrogen-bond donors (Lipinski definition) is 1. The average molecular weight is 223 g/mol. The van der Waals surface area contributed by atoms with Crippen LogP contribution in [0.2, 0.25) is 5.02 Å². The lowest BCUT2D eigenvalue weighted by molar-refractivity contribution is 0.0310. The van der Waals surface area contributed by atoms with Gasteiger partial charge in [0.2, 0.25) is 0 Å². The first-order valence-electron chi connectivity index (χ1n) is 4.69.